The van der Waals surface area contributed by atoms with Gasteiger partial charge >= 0.3 is 6.18 Å². The highest BCUT2D eigenvalue weighted by molar-refractivity contribution is 5.49. The predicted octanol–water partition coefficient (Wildman–Crippen LogP) is 4.19. The molecule has 0 aromatic heterocycles. The third kappa shape index (κ3) is 5.67. The van der Waals surface area contributed by atoms with E-state index < -0.39 is 17.8 Å². The molecule has 1 saturated heterocycles. The van der Waals surface area contributed by atoms with Crippen LogP contribution in [0.5, 0.6) is 5.75 Å². The molecule has 4 nitrogen and oxygen atoms in total. The number of hydrogen-bond acceptors (Lipinski definition) is 4. The van der Waals surface area contributed by atoms with Crippen LogP contribution in [0.25, 0.3) is 0 Å². The van der Waals surface area contributed by atoms with Crippen LogP contribution in [0.15, 0.2) is 36.4 Å². The van der Waals surface area contributed by atoms with Crippen LogP contribution in [0.3, 0.4) is 0 Å². The van der Waals surface area contributed by atoms with Crippen molar-refractivity contribution in [3.05, 3.63) is 58.7 Å². The highest BCUT2D eigenvalue weighted by Gasteiger charge is 2.31. The van der Waals surface area contributed by atoms with Gasteiger partial charge in [0.2, 0.25) is 0 Å². The van der Waals surface area contributed by atoms with E-state index in [9.17, 15) is 18.3 Å². The largest absolute Gasteiger partial charge is 0.490 e. The van der Waals surface area contributed by atoms with Crippen LogP contribution in [-0.2, 0) is 6.18 Å². The number of benzene rings is 2. The molecule has 0 aliphatic carbocycles. The highest BCUT2D eigenvalue weighted by Crippen LogP contribution is 2.32. The van der Waals surface area contributed by atoms with Gasteiger partial charge < -0.3 is 14.7 Å². The first-order chi connectivity index (χ1) is 14.1. The summed E-state index contributed by atoms with van der Waals surface area (Å²) in [5.74, 6) is 0.814. The molecule has 1 heterocycles. The number of aliphatic hydroxyl groups is 1. The minimum atomic E-state index is -4.34. The zero-order valence-electron chi connectivity index (χ0n) is 17.7. The van der Waals surface area contributed by atoms with E-state index in [0.29, 0.717) is 38.4 Å². The van der Waals surface area contributed by atoms with Gasteiger partial charge in [0.25, 0.3) is 0 Å². The minimum absolute atomic E-state index is 0.207. The first-order valence-electron chi connectivity index (χ1n) is 10.2. The van der Waals surface area contributed by atoms with Crippen molar-refractivity contribution in [1.29, 1.82) is 0 Å². The number of aliphatic hydroxyl groups excluding tert-OH is 1. The Balaban J connectivity index is 1.49. The molecular weight excluding hydrogens is 393 g/mol. The molecular formula is C23H29F3N2O2. The van der Waals surface area contributed by atoms with Gasteiger partial charge in [-0.3, -0.25) is 4.90 Å². The van der Waals surface area contributed by atoms with Crippen molar-refractivity contribution in [2.75, 3.05) is 44.2 Å². The number of halogens is 3. The van der Waals surface area contributed by atoms with Crippen LogP contribution in [0.2, 0.25) is 0 Å². The SMILES string of the molecule is Cc1cc(C)c(OC[C@@H](O)CN2CCN(c3cccc(C(F)(F)F)c3)CC2)c(C)c1. The molecule has 1 atom stereocenters. The number of β-amino-alcohol motifs (C(OH)–C–C–N with tert-alkyl or cyclic N) is 1. The molecule has 1 fully saturated rings. The molecule has 0 unspecified atom stereocenters. The first kappa shape index (κ1) is 22.4. The summed E-state index contributed by atoms with van der Waals surface area (Å²) in [5.41, 5.74) is 3.23. The Morgan fingerprint density at radius 1 is 1.00 bits per heavy atom. The molecule has 2 aromatic rings. The highest BCUT2D eigenvalue weighted by atomic mass is 19.4. The third-order valence-electron chi connectivity index (χ3n) is 5.40. The quantitative estimate of drug-likeness (QED) is 0.757. The van der Waals surface area contributed by atoms with Gasteiger partial charge in [0.05, 0.1) is 5.56 Å². The van der Waals surface area contributed by atoms with Gasteiger partial charge in [-0.15, -0.1) is 0 Å². The van der Waals surface area contributed by atoms with Crippen molar-refractivity contribution < 1.29 is 23.0 Å². The van der Waals surface area contributed by atoms with Gasteiger partial charge in [-0.05, 0) is 50.1 Å². The lowest BCUT2D eigenvalue weighted by Crippen LogP contribution is -2.49. The van der Waals surface area contributed by atoms with E-state index >= 15 is 0 Å². The second-order valence-corrected chi connectivity index (χ2v) is 8.03. The summed E-state index contributed by atoms with van der Waals surface area (Å²) >= 11 is 0. The van der Waals surface area contributed by atoms with E-state index in [-0.39, 0.29) is 6.61 Å². The average Bonchev–Trinajstić information content (AvgIpc) is 2.67. The molecule has 3 rings (SSSR count). The number of rotatable bonds is 6. The molecule has 164 valence electrons. The number of anilines is 1. The predicted molar refractivity (Wildman–Crippen MR) is 112 cm³/mol. The maximum Gasteiger partial charge on any atom is 0.416 e. The lowest BCUT2D eigenvalue weighted by Gasteiger charge is -2.37. The normalized spacial score (nSPS) is 16.6. The lowest BCUT2D eigenvalue weighted by atomic mass is 10.1. The summed E-state index contributed by atoms with van der Waals surface area (Å²) in [4.78, 5) is 4.07. The van der Waals surface area contributed by atoms with Crippen molar-refractivity contribution in [3.8, 4) is 5.75 Å². The van der Waals surface area contributed by atoms with Gasteiger partial charge in [0, 0.05) is 38.4 Å². The summed E-state index contributed by atoms with van der Waals surface area (Å²) in [5, 5.41) is 10.4. The van der Waals surface area contributed by atoms with Gasteiger partial charge in [-0.2, -0.15) is 13.2 Å². The summed E-state index contributed by atoms with van der Waals surface area (Å²) in [6, 6.07) is 9.56. The van der Waals surface area contributed by atoms with Crippen LogP contribution in [0, 0.1) is 20.8 Å². The molecule has 30 heavy (non-hydrogen) atoms. The second-order valence-electron chi connectivity index (χ2n) is 8.03. The van der Waals surface area contributed by atoms with Gasteiger partial charge in [-0.25, -0.2) is 0 Å². The summed E-state index contributed by atoms with van der Waals surface area (Å²) in [6.45, 7) is 9.29. The van der Waals surface area contributed by atoms with Crippen LogP contribution >= 0.6 is 0 Å². The second kappa shape index (κ2) is 9.27. The molecule has 0 radical (unpaired) electrons. The third-order valence-corrected chi connectivity index (χ3v) is 5.40. The Morgan fingerprint density at radius 3 is 2.23 bits per heavy atom. The van der Waals surface area contributed by atoms with Gasteiger partial charge in [-0.1, -0.05) is 23.8 Å². The molecule has 1 aliphatic rings. The van der Waals surface area contributed by atoms with Crippen LogP contribution in [-0.4, -0.2) is 55.4 Å². The van der Waals surface area contributed by atoms with E-state index in [0.717, 1.165) is 22.9 Å². The zero-order valence-corrected chi connectivity index (χ0v) is 17.7. The number of nitrogens with zero attached hydrogens (tertiary/aromatic N) is 2. The molecule has 0 amide bonds. The number of alkyl halides is 3. The number of hydrogen-bond donors (Lipinski definition) is 1. The molecule has 1 N–H and O–H groups in total. The fourth-order valence-corrected chi connectivity index (χ4v) is 3.99. The maximum atomic E-state index is 12.9. The fraction of sp³-hybridized carbons (Fsp3) is 0.478. The van der Waals surface area contributed by atoms with E-state index in [1.54, 1.807) is 6.07 Å². The van der Waals surface area contributed by atoms with Crippen molar-refractivity contribution in [3.63, 3.8) is 0 Å². The number of aryl methyl sites for hydroxylation is 3. The molecule has 0 bridgehead atoms. The standard InChI is InChI=1S/C23H29F3N2O2/c1-16-11-17(2)22(18(3)12-16)30-15-21(29)14-27-7-9-28(10-8-27)20-6-4-5-19(13-20)23(24,25)26/h4-6,11-13,21,29H,7-10,14-15H2,1-3H3/t21-/m0/s1. The van der Waals surface area contributed by atoms with Crippen LogP contribution in [0.4, 0.5) is 18.9 Å². The average molecular weight is 422 g/mol. The fourth-order valence-electron chi connectivity index (χ4n) is 3.99. The van der Waals surface area contributed by atoms with Crippen molar-refractivity contribution >= 4 is 5.69 Å². The van der Waals surface area contributed by atoms with Crippen molar-refractivity contribution in [2.45, 2.75) is 33.1 Å². The zero-order chi connectivity index (χ0) is 21.9. The number of ether oxygens (including phenoxy) is 1. The van der Waals surface area contributed by atoms with Crippen LogP contribution in [0.1, 0.15) is 22.3 Å². The Kier molecular flexibility index (Phi) is 6.93. The monoisotopic (exact) mass is 422 g/mol. The smallest absolute Gasteiger partial charge is 0.416 e. The Labute approximate surface area is 175 Å². The lowest BCUT2D eigenvalue weighted by molar-refractivity contribution is -0.137. The number of piperazine rings is 1. The first-order valence-corrected chi connectivity index (χ1v) is 10.2. The van der Waals surface area contributed by atoms with E-state index in [4.69, 9.17) is 4.74 Å². The van der Waals surface area contributed by atoms with E-state index in [2.05, 4.69) is 17.0 Å². The van der Waals surface area contributed by atoms with Gasteiger partial charge in [0.15, 0.2) is 0 Å². The summed E-state index contributed by atoms with van der Waals surface area (Å²) < 4.78 is 44.7. The van der Waals surface area contributed by atoms with Crippen molar-refractivity contribution in [1.82, 2.24) is 4.90 Å². The van der Waals surface area contributed by atoms with E-state index in [1.165, 1.54) is 17.7 Å². The maximum absolute atomic E-state index is 12.9. The minimum Gasteiger partial charge on any atom is -0.490 e. The van der Waals surface area contributed by atoms with Crippen molar-refractivity contribution in [2.24, 2.45) is 0 Å². The summed E-state index contributed by atoms with van der Waals surface area (Å²) in [7, 11) is 0. The Hall–Kier alpha value is -2.25. The Bertz CT molecular complexity index is 839. The molecule has 0 spiro atoms. The topological polar surface area (TPSA) is 35.9 Å². The molecule has 2 aromatic carbocycles. The molecule has 7 heteroatoms. The van der Waals surface area contributed by atoms with E-state index in [1.807, 2.05) is 25.7 Å². The molecule has 1 aliphatic heterocycles. The van der Waals surface area contributed by atoms with Crippen LogP contribution < -0.4 is 9.64 Å². The Morgan fingerprint density at radius 2 is 1.63 bits per heavy atom. The molecule has 0 saturated carbocycles. The summed E-state index contributed by atoms with van der Waals surface area (Å²) in [6.07, 6.45) is -4.97. The van der Waals surface area contributed by atoms with Gasteiger partial charge in [0.1, 0.15) is 18.5 Å².